The van der Waals surface area contributed by atoms with Crippen molar-refractivity contribution in [3.63, 3.8) is 0 Å². The van der Waals surface area contributed by atoms with Crippen LogP contribution in [0.3, 0.4) is 0 Å². The standard InChI is InChI=1S/C11H14ClNO5S/c1-11(2)17-9-4-3-7(12)5-8(9)10(18-11)6-13-19(14,15)16/h3-5,10,13H,6H2,1-2H3,(H,14,15,16). The Morgan fingerprint density at radius 3 is 2.79 bits per heavy atom. The number of nitrogens with one attached hydrogen (secondary N) is 1. The van der Waals surface area contributed by atoms with Crippen LogP contribution in [0.4, 0.5) is 0 Å². The topological polar surface area (TPSA) is 84.9 Å². The Bertz CT molecular complexity index is 587. The summed E-state index contributed by atoms with van der Waals surface area (Å²) in [6.45, 7) is 3.31. The predicted molar refractivity (Wildman–Crippen MR) is 69.5 cm³/mol. The van der Waals surface area contributed by atoms with Crippen molar-refractivity contribution in [1.29, 1.82) is 0 Å². The first-order chi connectivity index (χ1) is 8.66. The van der Waals surface area contributed by atoms with Crippen molar-refractivity contribution < 1.29 is 22.4 Å². The van der Waals surface area contributed by atoms with Crippen molar-refractivity contribution in [3.8, 4) is 5.75 Å². The molecule has 0 fully saturated rings. The van der Waals surface area contributed by atoms with E-state index in [1.165, 1.54) is 0 Å². The molecule has 0 saturated carbocycles. The maximum Gasteiger partial charge on any atom is 0.333 e. The second kappa shape index (κ2) is 4.92. The van der Waals surface area contributed by atoms with E-state index in [4.69, 9.17) is 25.6 Å². The molecule has 0 radical (unpaired) electrons. The molecule has 6 nitrogen and oxygen atoms in total. The molecule has 0 aliphatic carbocycles. The van der Waals surface area contributed by atoms with Crippen LogP contribution < -0.4 is 9.46 Å². The normalized spacial score (nSPS) is 21.6. The SMILES string of the molecule is CC1(C)Oc2ccc(Cl)cc2C(CNS(=O)(=O)O)O1. The van der Waals surface area contributed by atoms with Gasteiger partial charge in [-0.05, 0) is 18.2 Å². The highest BCUT2D eigenvalue weighted by Gasteiger charge is 2.34. The lowest BCUT2D eigenvalue weighted by atomic mass is 10.1. The van der Waals surface area contributed by atoms with E-state index in [0.29, 0.717) is 16.3 Å². The molecule has 1 unspecified atom stereocenters. The van der Waals surface area contributed by atoms with Gasteiger partial charge in [0, 0.05) is 31.0 Å². The summed E-state index contributed by atoms with van der Waals surface area (Å²) in [7, 11) is -4.28. The molecule has 0 bridgehead atoms. The van der Waals surface area contributed by atoms with Crippen molar-refractivity contribution in [2.45, 2.75) is 25.7 Å². The van der Waals surface area contributed by atoms with Crippen LogP contribution in [0.1, 0.15) is 25.5 Å². The van der Waals surface area contributed by atoms with Crippen LogP contribution in [0, 0.1) is 0 Å². The second-order valence-electron chi connectivity index (χ2n) is 4.61. The smallest absolute Gasteiger partial charge is 0.333 e. The molecule has 2 rings (SSSR count). The van der Waals surface area contributed by atoms with E-state index < -0.39 is 22.2 Å². The minimum absolute atomic E-state index is 0.112. The molecule has 106 valence electrons. The zero-order valence-electron chi connectivity index (χ0n) is 10.4. The number of fused-ring (bicyclic) bond motifs is 1. The minimum atomic E-state index is -4.28. The number of halogens is 1. The van der Waals surface area contributed by atoms with E-state index in [1.54, 1.807) is 32.0 Å². The summed E-state index contributed by atoms with van der Waals surface area (Å²) < 4.78 is 43.5. The molecule has 0 amide bonds. The first-order valence-corrected chi connectivity index (χ1v) is 7.36. The lowest BCUT2D eigenvalue weighted by molar-refractivity contribution is -0.204. The highest BCUT2D eigenvalue weighted by Crippen LogP contribution is 2.39. The summed E-state index contributed by atoms with van der Waals surface area (Å²) >= 11 is 5.90. The molecule has 1 aliphatic heterocycles. The maximum absolute atomic E-state index is 10.7. The van der Waals surface area contributed by atoms with Crippen LogP contribution in [0.25, 0.3) is 0 Å². The van der Waals surface area contributed by atoms with Crippen LogP contribution in [-0.4, -0.2) is 25.3 Å². The monoisotopic (exact) mass is 307 g/mol. The number of hydrogen-bond donors (Lipinski definition) is 2. The average molecular weight is 308 g/mol. The average Bonchev–Trinajstić information content (AvgIpc) is 2.25. The fourth-order valence-electron chi connectivity index (χ4n) is 1.89. The van der Waals surface area contributed by atoms with Crippen LogP contribution in [0.15, 0.2) is 18.2 Å². The molecule has 0 saturated heterocycles. The second-order valence-corrected chi connectivity index (χ2v) is 6.29. The fourth-order valence-corrected chi connectivity index (χ4v) is 2.43. The van der Waals surface area contributed by atoms with Crippen LogP contribution >= 0.6 is 11.6 Å². The van der Waals surface area contributed by atoms with Gasteiger partial charge in [-0.25, -0.2) is 0 Å². The third-order valence-electron chi connectivity index (χ3n) is 2.55. The Balaban J connectivity index is 2.30. The van der Waals surface area contributed by atoms with Crippen molar-refractivity contribution >= 4 is 21.9 Å². The van der Waals surface area contributed by atoms with Crippen molar-refractivity contribution in [2.24, 2.45) is 0 Å². The molecule has 1 heterocycles. The lowest BCUT2D eigenvalue weighted by Crippen LogP contribution is -2.41. The van der Waals surface area contributed by atoms with Crippen LogP contribution in [0.5, 0.6) is 5.75 Å². The zero-order chi connectivity index (χ0) is 14.3. The summed E-state index contributed by atoms with van der Waals surface area (Å²) in [6.07, 6.45) is -0.598. The third kappa shape index (κ3) is 3.80. The van der Waals surface area contributed by atoms with Gasteiger partial charge in [0.05, 0.1) is 0 Å². The molecule has 0 spiro atoms. The molecular formula is C11H14ClNO5S. The van der Waals surface area contributed by atoms with E-state index >= 15 is 0 Å². The summed E-state index contributed by atoms with van der Waals surface area (Å²) in [5.41, 5.74) is 0.628. The summed E-state index contributed by atoms with van der Waals surface area (Å²) in [5.74, 6) is -0.324. The Labute approximate surface area is 116 Å². The molecule has 0 aromatic heterocycles. The molecule has 19 heavy (non-hydrogen) atoms. The summed E-state index contributed by atoms with van der Waals surface area (Å²) in [4.78, 5) is 0. The van der Waals surface area contributed by atoms with Gasteiger partial charge >= 0.3 is 10.3 Å². The quantitative estimate of drug-likeness (QED) is 0.833. The van der Waals surface area contributed by atoms with Gasteiger partial charge in [-0.3, -0.25) is 4.55 Å². The highest BCUT2D eigenvalue weighted by atomic mass is 35.5. The Morgan fingerprint density at radius 1 is 1.47 bits per heavy atom. The van der Waals surface area contributed by atoms with Crippen molar-refractivity contribution in [3.05, 3.63) is 28.8 Å². The minimum Gasteiger partial charge on any atom is -0.463 e. The molecule has 8 heteroatoms. The van der Waals surface area contributed by atoms with E-state index in [1.807, 2.05) is 4.72 Å². The molecule has 1 aromatic carbocycles. The van der Waals surface area contributed by atoms with E-state index in [-0.39, 0.29) is 6.54 Å². The van der Waals surface area contributed by atoms with Gasteiger partial charge in [-0.15, -0.1) is 0 Å². The van der Waals surface area contributed by atoms with Gasteiger partial charge in [0.25, 0.3) is 0 Å². The van der Waals surface area contributed by atoms with Gasteiger partial charge in [0.15, 0.2) is 0 Å². The number of rotatable bonds is 3. The molecule has 2 N–H and O–H groups in total. The first-order valence-electron chi connectivity index (χ1n) is 5.55. The van der Waals surface area contributed by atoms with E-state index in [2.05, 4.69) is 0 Å². The molecule has 1 aliphatic rings. The summed E-state index contributed by atoms with van der Waals surface area (Å²) in [5, 5.41) is 0.488. The zero-order valence-corrected chi connectivity index (χ0v) is 12.0. The Hall–Kier alpha value is -0.860. The van der Waals surface area contributed by atoms with Gasteiger partial charge in [0.1, 0.15) is 11.9 Å². The van der Waals surface area contributed by atoms with Gasteiger partial charge < -0.3 is 9.47 Å². The van der Waals surface area contributed by atoms with Gasteiger partial charge in [-0.1, -0.05) is 11.6 Å². The van der Waals surface area contributed by atoms with E-state index in [0.717, 1.165) is 0 Å². The van der Waals surface area contributed by atoms with Crippen molar-refractivity contribution in [2.75, 3.05) is 6.54 Å². The summed E-state index contributed by atoms with van der Waals surface area (Å²) in [6, 6.07) is 5.01. The van der Waals surface area contributed by atoms with Gasteiger partial charge in [0.2, 0.25) is 5.79 Å². The molecule has 1 atom stereocenters. The third-order valence-corrected chi connectivity index (χ3v) is 3.32. The van der Waals surface area contributed by atoms with E-state index in [9.17, 15) is 8.42 Å². The first kappa shape index (κ1) is 14.5. The molecule has 1 aromatic rings. The maximum atomic E-state index is 10.7. The molecular weight excluding hydrogens is 294 g/mol. The highest BCUT2D eigenvalue weighted by molar-refractivity contribution is 7.83. The number of hydrogen-bond acceptors (Lipinski definition) is 4. The fraction of sp³-hybridized carbons (Fsp3) is 0.455. The van der Waals surface area contributed by atoms with Crippen molar-refractivity contribution in [1.82, 2.24) is 4.72 Å². The Morgan fingerprint density at radius 2 is 2.16 bits per heavy atom. The Kier molecular flexibility index (Phi) is 3.76. The predicted octanol–water partition coefficient (Wildman–Crippen LogP) is 1.92. The lowest BCUT2D eigenvalue weighted by Gasteiger charge is -2.37. The van der Waals surface area contributed by atoms with Crippen LogP contribution in [-0.2, 0) is 15.0 Å². The largest absolute Gasteiger partial charge is 0.463 e. The van der Waals surface area contributed by atoms with Crippen LogP contribution in [0.2, 0.25) is 5.02 Å². The number of ether oxygens (including phenoxy) is 2. The number of benzene rings is 1. The van der Waals surface area contributed by atoms with Gasteiger partial charge in [-0.2, -0.15) is 13.1 Å².